The third-order valence-electron chi connectivity index (χ3n) is 5.55. The van der Waals surface area contributed by atoms with Gasteiger partial charge < -0.3 is 10.1 Å². The second-order valence-electron chi connectivity index (χ2n) is 9.34. The summed E-state index contributed by atoms with van der Waals surface area (Å²) in [6.07, 6.45) is 2.16. The summed E-state index contributed by atoms with van der Waals surface area (Å²) in [5, 5.41) is 3.30. The molecule has 184 valence electrons. The van der Waals surface area contributed by atoms with Crippen molar-refractivity contribution in [1.82, 2.24) is 16.2 Å². The Morgan fingerprint density at radius 3 is 2.44 bits per heavy atom. The zero-order chi connectivity index (χ0) is 24.9. The number of carbonyl (C=O) groups excluding carboxylic acids is 1. The normalized spacial score (nSPS) is 16.1. The molecule has 1 fully saturated rings. The largest absolute Gasteiger partial charge is 0.376 e. The first-order valence-corrected chi connectivity index (χ1v) is 13.0. The molecule has 0 aliphatic carbocycles. The van der Waals surface area contributed by atoms with E-state index in [1.807, 2.05) is 32.9 Å². The van der Waals surface area contributed by atoms with Gasteiger partial charge in [-0.05, 0) is 78.9 Å². The maximum Gasteiger partial charge on any atom is 0.269 e. The summed E-state index contributed by atoms with van der Waals surface area (Å²) in [6.45, 7) is 9.21. The number of carbonyl (C=O) groups is 1. The molecule has 1 atom stereocenters. The van der Waals surface area contributed by atoms with Crippen LogP contribution in [0.3, 0.4) is 0 Å². The number of amides is 1. The van der Waals surface area contributed by atoms with Crippen LogP contribution >= 0.6 is 12.2 Å². The van der Waals surface area contributed by atoms with Gasteiger partial charge in [0.2, 0.25) is 0 Å². The molecular weight excluding hydrogens is 472 g/mol. The summed E-state index contributed by atoms with van der Waals surface area (Å²) < 4.78 is 34.2. The minimum absolute atomic E-state index is 0.131. The molecule has 3 rings (SSSR count). The number of hydrogen-bond acceptors (Lipinski definition) is 5. The van der Waals surface area contributed by atoms with E-state index in [1.54, 1.807) is 25.1 Å². The number of hydrazine groups is 1. The SMILES string of the molecule is Cc1ccc(C(C)(C)C)cc1S(=O)(=O)Nc1ccc(C(=O)NNC(=S)NCC2CCCO2)cc1. The van der Waals surface area contributed by atoms with Crippen molar-refractivity contribution in [2.45, 2.75) is 57.0 Å². The zero-order valence-electron chi connectivity index (χ0n) is 19.9. The van der Waals surface area contributed by atoms with Crippen LogP contribution in [-0.4, -0.2) is 38.7 Å². The number of aryl methyl sites for hydroxylation is 1. The molecule has 1 aliphatic heterocycles. The molecule has 8 nitrogen and oxygen atoms in total. The van der Waals surface area contributed by atoms with Gasteiger partial charge in [0, 0.05) is 24.4 Å². The molecule has 4 N–H and O–H groups in total. The van der Waals surface area contributed by atoms with Crippen molar-refractivity contribution >= 4 is 38.9 Å². The average molecular weight is 505 g/mol. The smallest absolute Gasteiger partial charge is 0.269 e. The van der Waals surface area contributed by atoms with Gasteiger partial charge in [0.1, 0.15) is 0 Å². The minimum atomic E-state index is -3.79. The van der Waals surface area contributed by atoms with E-state index in [4.69, 9.17) is 17.0 Å². The van der Waals surface area contributed by atoms with Gasteiger partial charge in [0.05, 0.1) is 11.0 Å². The van der Waals surface area contributed by atoms with E-state index in [0.717, 1.165) is 25.0 Å². The molecule has 0 bridgehead atoms. The van der Waals surface area contributed by atoms with Crippen molar-refractivity contribution in [1.29, 1.82) is 0 Å². The number of hydrogen-bond donors (Lipinski definition) is 4. The van der Waals surface area contributed by atoms with Gasteiger partial charge >= 0.3 is 0 Å². The topological polar surface area (TPSA) is 109 Å². The van der Waals surface area contributed by atoms with Crippen LogP contribution in [0.25, 0.3) is 0 Å². The fourth-order valence-electron chi connectivity index (χ4n) is 3.50. The predicted octanol–water partition coefficient (Wildman–Crippen LogP) is 3.38. The molecule has 1 amide bonds. The number of benzene rings is 2. The second kappa shape index (κ2) is 10.7. The summed E-state index contributed by atoms with van der Waals surface area (Å²) in [6, 6.07) is 11.6. The fraction of sp³-hybridized carbons (Fsp3) is 0.417. The molecular formula is C24H32N4O4S2. The van der Waals surface area contributed by atoms with Crippen molar-refractivity contribution in [3.05, 3.63) is 59.2 Å². The van der Waals surface area contributed by atoms with E-state index in [-0.39, 0.29) is 16.4 Å². The monoisotopic (exact) mass is 504 g/mol. The average Bonchev–Trinajstić information content (AvgIpc) is 3.29. The lowest BCUT2D eigenvalue weighted by Crippen LogP contribution is -2.48. The van der Waals surface area contributed by atoms with Gasteiger partial charge in [-0.25, -0.2) is 8.42 Å². The van der Waals surface area contributed by atoms with Crippen LogP contribution in [0.2, 0.25) is 0 Å². The zero-order valence-corrected chi connectivity index (χ0v) is 21.5. The first-order valence-electron chi connectivity index (χ1n) is 11.2. The molecule has 1 aliphatic rings. The number of nitrogens with one attached hydrogen (secondary N) is 4. The molecule has 1 saturated heterocycles. The van der Waals surface area contributed by atoms with Crippen LogP contribution in [0.5, 0.6) is 0 Å². The lowest BCUT2D eigenvalue weighted by molar-refractivity contribution is 0.0943. The van der Waals surface area contributed by atoms with Crippen LogP contribution in [0.4, 0.5) is 5.69 Å². The summed E-state index contributed by atoms with van der Waals surface area (Å²) in [7, 11) is -3.79. The fourth-order valence-corrected chi connectivity index (χ4v) is 4.96. The Labute approximate surface area is 206 Å². The van der Waals surface area contributed by atoms with Crippen molar-refractivity contribution in [3.8, 4) is 0 Å². The summed E-state index contributed by atoms with van der Waals surface area (Å²) in [5.74, 6) is -0.399. The van der Waals surface area contributed by atoms with Crippen LogP contribution in [0.1, 0.15) is 55.1 Å². The molecule has 0 saturated carbocycles. The highest BCUT2D eigenvalue weighted by molar-refractivity contribution is 7.92. The molecule has 34 heavy (non-hydrogen) atoms. The Balaban J connectivity index is 1.58. The van der Waals surface area contributed by atoms with E-state index in [9.17, 15) is 13.2 Å². The number of rotatable bonds is 6. The van der Waals surface area contributed by atoms with Gasteiger partial charge in [0.15, 0.2) is 5.11 Å². The molecule has 1 unspecified atom stereocenters. The molecule has 2 aromatic rings. The van der Waals surface area contributed by atoms with Crippen molar-refractivity contribution in [3.63, 3.8) is 0 Å². The molecule has 2 aromatic carbocycles. The van der Waals surface area contributed by atoms with Crippen molar-refractivity contribution in [2.75, 3.05) is 17.9 Å². The number of anilines is 1. The van der Waals surface area contributed by atoms with Gasteiger partial charge in [0.25, 0.3) is 15.9 Å². The van der Waals surface area contributed by atoms with E-state index in [1.165, 1.54) is 12.1 Å². The Hall–Kier alpha value is -2.69. The van der Waals surface area contributed by atoms with Crippen molar-refractivity contribution in [2.24, 2.45) is 0 Å². The second-order valence-corrected chi connectivity index (χ2v) is 11.4. The van der Waals surface area contributed by atoms with E-state index < -0.39 is 15.9 Å². The van der Waals surface area contributed by atoms with Gasteiger partial charge in [-0.3, -0.25) is 20.4 Å². The Kier molecular flexibility index (Phi) is 8.17. The summed E-state index contributed by atoms with van der Waals surface area (Å²) >= 11 is 5.16. The van der Waals surface area contributed by atoms with Crippen LogP contribution in [-0.2, 0) is 20.2 Å². The van der Waals surface area contributed by atoms with Gasteiger partial charge in [-0.15, -0.1) is 0 Å². The molecule has 10 heteroatoms. The van der Waals surface area contributed by atoms with E-state index >= 15 is 0 Å². The van der Waals surface area contributed by atoms with E-state index in [0.29, 0.717) is 28.5 Å². The standard InChI is InChI=1S/C24H32N4O4S2/c1-16-7-10-18(24(2,3)4)14-21(16)34(30,31)28-19-11-8-17(9-12-19)22(29)26-27-23(33)25-15-20-6-5-13-32-20/h7-12,14,20,28H,5-6,13,15H2,1-4H3,(H,26,29)(H2,25,27,33). The molecule has 0 spiro atoms. The number of thiocarbonyl (C=S) groups is 1. The summed E-state index contributed by atoms with van der Waals surface area (Å²) in [5.41, 5.74) is 7.30. The van der Waals surface area contributed by atoms with Crippen molar-refractivity contribution < 1.29 is 17.9 Å². The first kappa shape index (κ1) is 25.9. The van der Waals surface area contributed by atoms with E-state index in [2.05, 4.69) is 20.9 Å². The molecule has 0 radical (unpaired) electrons. The van der Waals surface area contributed by atoms with Crippen LogP contribution in [0.15, 0.2) is 47.4 Å². The third-order valence-corrected chi connectivity index (χ3v) is 7.32. The lowest BCUT2D eigenvalue weighted by atomic mass is 9.87. The Morgan fingerprint density at radius 2 is 1.82 bits per heavy atom. The van der Waals surface area contributed by atoms with Crippen LogP contribution in [0, 0.1) is 6.92 Å². The quantitative estimate of drug-likeness (QED) is 0.353. The third kappa shape index (κ3) is 6.91. The summed E-state index contributed by atoms with van der Waals surface area (Å²) in [4.78, 5) is 12.6. The van der Waals surface area contributed by atoms with Gasteiger partial charge in [-0.2, -0.15) is 0 Å². The first-order chi connectivity index (χ1) is 16.0. The minimum Gasteiger partial charge on any atom is -0.376 e. The Bertz CT molecular complexity index is 1140. The number of ether oxygens (including phenoxy) is 1. The highest BCUT2D eigenvalue weighted by atomic mass is 32.2. The predicted molar refractivity (Wildman–Crippen MR) is 137 cm³/mol. The Morgan fingerprint density at radius 1 is 1.12 bits per heavy atom. The maximum atomic E-state index is 13.0. The molecule has 0 aromatic heterocycles. The lowest BCUT2D eigenvalue weighted by Gasteiger charge is -2.21. The van der Waals surface area contributed by atoms with Gasteiger partial charge in [-0.1, -0.05) is 32.9 Å². The molecule has 1 heterocycles. The highest BCUT2D eigenvalue weighted by Crippen LogP contribution is 2.27. The highest BCUT2D eigenvalue weighted by Gasteiger charge is 2.22. The number of sulfonamides is 1. The van der Waals surface area contributed by atoms with Crippen LogP contribution < -0.4 is 20.9 Å². The maximum absolute atomic E-state index is 13.0.